The average molecular weight is 386 g/mol. The maximum absolute atomic E-state index is 14.3. The topological polar surface area (TPSA) is 17.1 Å². The zero-order valence-corrected chi connectivity index (χ0v) is 17.0. The predicted molar refractivity (Wildman–Crippen MR) is 122 cm³/mol. The van der Waals surface area contributed by atoms with E-state index in [1.54, 1.807) is 0 Å². The van der Waals surface area contributed by atoms with Crippen molar-refractivity contribution in [2.75, 3.05) is 0 Å². The van der Waals surface area contributed by atoms with Crippen LogP contribution in [0, 0.1) is 6.92 Å². The molecular formula is C29H22O. The van der Waals surface area contributed by atoms with E-state index in [0.717, 1.165) is 19.3 Å². The number of allylic oxidation sites excluding steroid dienone is 6. The summed E-state index contributed by atoms with van der Waals surface area (Å²) in [7, 11) is 0. The van der Waals surface area contributed by atoms with Gasteiger partial charge in [-0.3, -0.25) is 4.79 Å². The Morgan fingerprint density at radius 1 is 0.800 bits per heavy atom. The lowest BCUT2D eigenvalue weighted by atomic mass is 9.63. The second-order valence-electron chi connectivity index (χ2n) is 9.12. The molecule has 0 bridgehead atoms. The van der Waals surface area contributed by atoms with Crippen LogP contribution in [0.4, 0.5) is 0 Å². The predicted octanol–water partition coefficient (Wildman–Crippen LogP) is 6.35. The fourth-order valence-electron chi connectivity index (χ4n) is 6.39. The summed E-state index contributed by atoms with van der Waals surface area (Å²) in [5, 5.41) is 2.62. The number of hydrogen-bond donors (Lipinski definition) is 0. The van der Waals surface area contributed by atoms with Gasteiger partial charge >= 0.3 is 0 Å². The van der Waals surface area contributed by atoms with Gasteiger partial charge in [0.25, 0.3) is 0 Å². The van der Waals surface area contributed by atoms with E-state index in [4.69, 9.17) is 0 Å². The van der Waals surface area contributed by atoms with E-state index in [1.165, 1.54) is 60.9 Å². The zero-order valence-electron chi connectivity index (χ0n) is 17.0. The van der Waals surface area contributed by atoms with Crippen molar-refractivity contribution < 1.29 is 4.79 Å². The van der Waals surface area contributed by atoms with Crippen LogP contribution in [0.15, 0.2) is 77.9 Å². The lowest BCUT2D eigenvalue weighted by Gasteiger charge is -2.38. The third-order valence-electron chi connectivity index (χ3n) is 7.67. The minimum Gasteiger partial charge on any atom is -0.298 e. The first kappa shape index (κ1) is 16.6. The summed E-state index contributed by atoms with van der Waals surface area (Å²) in [6.45, 7) is 2.18. The summed E-state index contributed by atoms with van der Waals surface area (Å²) < 4.78 is 0. The molecule has 0 N–H and O–H groups in total. The normalized spacial score (nSPS) is 23.1. The van der Waals surface area contributed by atoms with Crippen molar-refractivity contribution in [1.82, 2.24) is 0 Å². The molecular weight excluding hydrogens is 364 g/mol. The number of carbonyl (C=O) groups is 1. The largest absolute Gasteiger partial charge is 0.298 e. The van der Waals surface area contributed by atoms with Crippen molar-refractivity contribution in [3.63, 3.8) is 0 Å². The van der Waals surface area contributed by atoms with Crippen LogP contribution in [0.2, 0.25) is 0 Å². The first-order valence-electron chi connectivity index (χ1n) is 11.0. The molecule has 2 atom stereocenters. The molecule has 0 saturated heterocycles. The highest BCUT2D eigenvalue weighted by molar-refractivity contribution is 6.14. The number of aryl methyl sites for hydroxylation is 1. The van der Waals surface area contributed by atoms with Gasteiger partial charge in [-0.2, -0.15) is 0 Å². The van der Waals surface area contributed by atoms with Crippen LogP contribution < -0.4 is 0 Å². The van der Waals surface area contributed by atoms with Gasteiger partial charge in [0.2, 0.25) is 0 Å². The Morgan fingerprint density at radius 2 is 1.63 bits per heavy atom. The Labute approximate surface area is 176 Å². The lowest BCUT2D eigenvalue weighted by molar-refractivity contribution is -0.120. The Balaban J connectivity index is 1.59. The Bertz CT molecular complexity index is 1400. The number of ketones is 1. The van der Waals surface area contributed by atoms with Crippen molar-refractivity contribution in [2.45, 2.75) is 38.0 Å². The average Bonchev–Trinajstić information content (AvgIpc) is 3.40. The maximum Gasteiger partial charge on any atom is 0.156 e. The molecule has 0 fully saturated rings. The first-order chi connectivity index (χ1) is 14.7. The highest BCUT2D eigenvalue weighted by atomic mass is 16.1. The fraction of sp³-hybridized carbons (Fsp3) is 0.207. The smallest absolute Gasteiger partial charge is 0.156 e. The van der Waals surface area contributed by atoms with Crippen LogP contribution in [0.25, 0.3) is 16.3 Å². The quantitative estimate of drug-likeness (QED) is 0.476. The summed E-state index contributed by atoms with van der Waals surface area (Å²) in [6.07, 6.45) is 9.78. The monoisotopic (exact) mass is 386 g/mol. The number of Topliss-reactive ketones (excluding diaryl/α,β-unsaturated/α-hetero) is 1. The SMILES string of the molecule is Cc1ccc2ccc3c4c2c1C(C1=CCc2ccccc21)C(=O)C4C1=CCC=C1C3. The number of hydrogen-bond acceptors (Lipinski definition) is 1. The summed E-state index contributed by atoms with van der Waals surface area (Å²) in [4.78, 5) is 14.3. The molecule has 0 radical (unpaired) electrons. The first-order valence-corrected chi connectivity index (χ1v) is 11.0. The molecule has 3 aromatic rings. The van der Waals surface area contributed by atoms with Gasteiger partial charge in [0, 0.05) is 0 Å². The van der Waals surface area contributed by atoms with Crippen molar-refractivity contribution >= 4 is 22.1 Å². The molecule has 0 spiro atoms. The van der Waals surface area contributed by atoms with Crippen LogP contribution in [0.5, 0.6) is 0 Å². The number of rotatable bonds is 1. The third kappa shape index (κ3) is 1.96. The molecule has 0 heterocycles. The van der Waals surface area contributed by atoms with Gasteiger partial charge in [-0.15, -0.1) is 0 Å². The fourth-order valence-corrected chi connectivity index (χ4v) is 6.39. The molecule has 4 aliphatic carbocycles. The van der Waals surface area contributed by atoms with E-state index in [-0.39, 0.29) is 11.8 Å². The Morgan fingerprint density at radius 3 is 2.57 bits per heavy atom. The summed E-state index contributed by atoms with van der Waals surface area (Å²) in [5.41, 5.74) is 11.6. The van der Waals surface area contributed by atoms with Gasteiger partial charge in [-0.25, -0.2) is 0 Å². The van der Waals surface area contributed by atoms with Gasteiger partial charge in [0.1, 0.15) is 0 Å². The highest BCUT2D eigenvalue weighted by Gasteiger charge is 2.45. The van der Waals surface area contributed by atoms with Crippen molar-refractivity contribution in [3.05, 3.63) is 111 Å². The number of carbonyl (C=O) groups excluding carboxylic acids is 1. The van der Waals surface area contributed by atoms with Crippen LogP contribution in [-0.4, -0.2) is 5.78 Å². The maximum atomic E-state index is 14.3. The van der Waals surface area contributed by atoms with E-state index in [1.807, 2.05) is 0 Å². The molecule has 3 aromatic carbocycles. The molecule has 0 aromatic heterocycles. The Kier molecular flexibility index (Phi) is 3.15. The minimum atomic E-state index is -0.175. The van der Waals surface area contributed by atoms with E-state index in [2.05, 4.69) is 73.7 Å². The number of fused-ring (bicyclic) bond motifs is 3. The molecule has 30 heavy (non-hydrogen) atoms. The molecule has 0 aliphatic heterocycles. The van der Waals surface area contributed by atoms with Gasteiger partial charge in [0.15, 0.2) is 5.78 Å². The standard InChI is InChI=1S/C29H22O/c1-16-9-10-18-11-12-20-15-19-6-4-8-22(19)27-26(20)25(18)24(16)28(29(27)30)23-14-13-17-5-2-3-7-21(17)23/h2-3,5-12,14,27-28H,4,13,15H2,1H3. The van der Waals surface area contributed by atoms with E-state index in [9.17, 15) is 4.79 Å². The summed E-state index contributed by atoms with van der Waals surface area (Å²) in [5.74, 6) is 0.0809. The van der Waals surface area contributed by atoms with Crippen LogP contribution in [0.1, 0.15) is 51.6 Å². The van der Waals surface area contributed by atoms with Gasteiger partial charge in [0.05, 0.1) is 11.8 Å². The molecule has 144 valence electrons. The third-order valence-corrected chi connectivity index (χ3v) is 7.67. The summed E-state index contributed by atoms with van der Waals surface area (Å²) in [6, 6.07) is 17.6. The molecule has 7 rings (SSSR count). The molecule has 0 amide bonds. The molecule has 2 unspecified atom stereocenters. The van der Waals surface area contributed by atoms with Gasteiger partial charge in [-0.05, 0) is 87.1 Å². The zero-order chi connectivity index (χ0) is 20.0. The van der Waals surface area contributed by atoms with E-state index < -0.39 is 0 Å². The second kappa shape index (κ2) is 5.70. The van der Waals surface area contributed by atoms with Crippen molar-refractivity contribution in [2.24, 2.45) is 0 Å². The summed E-state index contributed by atoms with van der Waals surface area (Å²) >= 11 is 0. The highest BCUT2D eigenvalue weighted by Crippen LogP contribution is 2.55. The van der Waals surface area contributed by atoms with E-state index >= 15 is 0 Å². The van der Waals surface area contributed by atoms with Crippen LogP contribution >= 0.6 is 0 Å². The van der Waals surface area contributed by atoms with E-state index in [0.29, 0.717) is 5.78 Å². The van der Waals surface area contributed by atoms with Crippen LogP contribution in [0.3, 0.4) is 0 Å². The van der Waals surface area contributed by atoms with Crippen molar-refractivity contribution in [1.29, 1.82) is 0 Å². The molecule has 4 aliphatic rings. The van der Waals surface area contributed by atoms with Gasteiger partial charge in [-0.1, -0.05) is 66.8 Å². The Hall–Kier alpha value is -3.19. The molecule has 0 saturated carbocycles. The lowest BCUT2D eigenvalue weighted by Crippen LogP contribution is -2.32. The van der Waals surface area contributed by atoms with Crippen LogP contribution in [-0.2, 0) is 17.6 Å². The second-order valence-corrected chi connectivity index (χ2v) is 9.12. The minimum absolute atomic E-state index is 0.112. The number of benzene rings is 3. The molecule has 1 heteroatoms. The van der Waals surface area contributed by atoms with Gasteiger partial charge < -0.3 is 0 Å². The van der Waals surface area contributed by atoms with Crippen molar-refractivity contribution in [3.8, 4) is 0 Å². The molecule has 1 nitrogen and oxygen atoms in total.